The van der Waals surface area contributed by atoms with Gasteiger partial charge in [0.25, 0.3) is 10.1 Å². The van der Waals surface area contributed by atoms with Gasteiger partial charge in [0.15, 0.2) is 5.71 Å². The Morgan fingerprint density at radius 2 is 1.36 bits per heavy atom. The average molecular weight is 820 g/mol. The summed E-state index contributed by atoms with van der Waals surface area (Å²) in [6.45, 7) is 10.6. The van der Waals surface area contributed by atoms with Crippen molar-refractivity contribution in [3.63, 3.8) is 0 Å². The second-order valence-corrected chi connectivity index (χ2v) is 18.0. The summed E-state index contributed by atoms with van der Waals surface area (Å²) in [5, 5.41) is 4.53. The summed E-state index contributed by atoms with van der Waals surface area (Å²) in [4.78, 5) is 6.96. The molecule has 4 aromatic rings. The third-order valence-corrected chi connectivity index (χ3v) is 12.4. The van der Waals surface area contributed by atoms with E-state index >= 15 is 0 Å². The molecule has 0 atom stereocenters. The molecule has 1 N–H and O–H groups in total. The number of rotatable bonds is 19. The van der Waals surface area contributed by atoms with Gasteiger partial charge in [-0.05, 0) is 91.3 Å². The van der Waals surface area contributed by atoms with Crippen molar-refractivity contribution >= 4 is 39.2 Å². The zero-order valence-corrected chi connectivity index (χ0v) is 35.8. The van der Waals surface area contributed by atoms with Gasteiger partial charge in [0.2, 0.25) is 5.69 Å². The molecule has 8 nitrogen and oxygen atoms in total. The summed E-state index contributed by atoms with van der Waals surface area (Å²) in [5.41, 5.74) is 11.6. The molecule has 2 aliphatic rings. The zero-order valence-electron chi connectivity index (χ0n) is 34.1. The van der Waals surface area contributed by atoms with Crippen molar-refractivity contribution in [3.05, 3.63) is 156 Å². The number of fused-ring (bicyclic) bond motifs is 2. The molecule has 2 aliphatic heterocycles. The van der Waals surface area contributed by atoms with Crippen LogP contribution in [0.2, 0.25) is 0 Å². The Bertz CT molecular complexity index is 2290. The van der Waals surface area contributed by atoms with E-state index in [-0.39, 0.29) is 16.6 Å². The lowest BCUT2D eigenvalue weighted by Crippen LogP contribution is -2.28. The number of nitrogens with zero attached hydrogens (tertiary/aromatic N) is 2. The number of allylic oxidation sites excluding steroid dienone is 8. The van der Waals surface area contributed by atoms with Crippen LogP contribution in [0.15, 0.2) is 145 Å². The Balaban J connectivity index is 1.21. The number of benzene rings is 4. The maximum absolute atomic E-state index is 11.4. The maximum atomic E-state index is 11.4. The zero-order chi connectivity index (χ0) is 41.2. The molecule has 0 spiro atoms. The molecule has 0 aliphatic carbocycles. The van der Waals surface area contributed by atoms with Crippen LogP contribution in [0.25, 0.3) is 22.3 Å². The van der Waals surface area contributed by atoms with Crippen molar-refractivity contribution in [3.8, 4) is 22.3 Å². The third kappa shape index (κ3) is 10.4. The molecule has 0 aromatic heterocycles. The van der Waals surface area contributed by atoms with Crippen LogP contribution < -0.4 is 4.90 Å². The molecule has 0 amide bonds. The number of hydrogen-bond donors (Lipinski definition) is 1. The van der Waals surface area contributed by atoms with Gasteiger partial charge in [-0.2, -0.15) is 13.0 Å². The van der Waals surface area contributed by atoms with Crippen LogP contribution in [0.4, 0.5) is 11.4 Å². The summed E-state index contributed by atoms with van der Waals surface area (Å²) < 4.78 is 39.4. The third-order valence-electron chi connectivity index (χ3n) is 11.0. The minimum Gasteiger partial charge on any atom is -0.344 e. The van der Waals surface area contributed by atoms with Gasteiger partial charge < -0.3 is 4.90 Å². The smallest absolute Gasteiger partial charge is 0.264 e. The van der Waals surface area contributed by atoms with Crippen LogP contribution >= 0.6 is 12.0 Å². The summed E-state index contributed by atoms with van der Waals surface area (Å²) in [6.07, 6.45) is 17.7. The molecule has 4 aromatic carbocycles. The van der Waals surface area contributed by atoms with Crippen molar-refractivity contribution in [2.75, 3.05) is 36.6 Å². The summed E-state index contributed by atoms with van der Waals surface area (Å²) in [6, 6.07) is 34.4. The van der Waals surface area contributed by atoms with Gasteiger partial charge in [0, 0.05) is 65.3 Å². The predicted octanol–water partition coefficient (Wildman–Crippen LogP) is 11.4. The van der Waals surface area contributed by atoms with E-state index in [2.05, 4.69) is 181 Å². The molecule has 2 heterocycles. The van der Waals surface area contributed by atoms with Crippen molar-refractivity contribution in [1.82, 2.24) is 0 Å². The van der Waals surface area contributed by atoms with Crippen molar-refractivity contribution in [1.29, 1.82) is 0 Å². The molecule has 0 bridgehead atoms. The fourth-order valence-corrected chi connectivity index (χ4v) is 9.06. The van der Waals surface area contributed by atoms with E-state index in [4.69, 9.17) is 4.33 Å². The highest BCUT2D eigenvalue weighted by Crippen LogP contribution is 2.49. The first kappa shape index (κ1) is 43.0. The molecule has 0 unspecified atom stereocenters. The van der Waals surface area contributed by atoms with Crippen molar-refractivity contribution < 1.29 is 31.8 Å². The van der Waals surface area contributed by atoms with E-state index in [1.54, 1.807) is 0 Å². The standard InChI is InChI=1S/C48H54N2O6S2/c1-47(2)41-35-39(37-21-11-9-12-22-37)27-29-43(41)49(31-17-19-33-57-56-55-54-5)45(47)25-15-7-6-8-16-26-46-48(3,4)42-36-40(38-23-13-10-14-24-38)28-30-44(42)50(46)32-18-20-34-58(51,52)53/h6-16,21-30,35-36H,17-20,31-34H2,1-5H3/p+1. The largest absolute Gasteiger partial charge is 0.344 e. The normalized spacial score (nSPS) is 16.7. The highest BCUT2D eigenvalue weighted by molar-refractivity contribution is 7.94. The molecular weight excluding hydrogens is 765 g/mol. The maximum Gasteiger partial charge on any atom is 0.264 e. The molecule has 58 heavy (non-hydrogen) atoms. The molecule has 0 radical (unpaired) electrons. The monoisotopic (exact) mass is 819 g/mol. The van der Waals surface area contributed by atoms with Crippen LogP contribution in [0.3, 0.4) is 0 Å². The number of hydrogen-bond acceptors (Lipinski definition) is 7. The molecule has 304 valence electrons. The fourth-order valence-electron chi connectivity index (χ4n) is 8.01. The molecule has 0 saturated carbocycles. The lowest BCUT2D eigenvalue weighted by atomic mass is 9.80. The Morgan fingerprint density at radius 1 is 0.724 bits per heavy atom. The van der Waals surface area contributed by atoms with Crippen molar-refractivity contribution in [2.45, 2.75) is 64.2 Å². The van der Waals surface area contributed by atoms with Crippen LogP contribution in [-0.2, 0) is 35.2 Å². The van der Waals surface area contributed by atoms with Crippen LogP contribution in [0, 0.1) is 0 Å². The van der Waals surface area contributed by atoms with E-state index in [1.807, 2.05) is 6.07 Å². The van der Waals surface area contributed by atoms with Gasteiger partial charge in [0.05, 0.1) is 18.3 Å². The molecule has 0 saturated heterocycles. The molecular formula is C48H55N2O6S2+. The summed E-state index contributed by atoms with van der Waals surface area (Å²) in [7, 11) is -2.59. The first-order valence-electron chi connectivity index (χ1n) is 19.9. The Morgan fingerprint density at radius 3 is 2.03 bits per heavy atom. The summed E-state index contributed by atoms with van der Waals surface area (Å²) in [5.74, 6) is 0.552. The van der Waals surface area contributed by atoms with E-state index in [1.165, 1.54) is 52.8 Å². The van der Waals surface area contributed by atoms with E-state index < -0.39 is 10.1 Å². The van der Waals surface area contributed by atoms with Crippen LogP contribution in [0.1, 0.15) is 64.5 Å². The lowest BCUT2D eigenvalue weighted by Gasteiger charge is -2.27. The highest BCUT2D eigenvalue weighted by Gasteiger charge is 2.44. The fraction of sp³-hybridized carbons (Fsp3) is 0.312. The Labute approximate surface area is 349 Å². The molecule has 6 rings (SSSR count). The van der Waals surface area contributed by atoms with Crippen LogP contribution in [0.5, 0.6) is 0 Å². The SMILES string of the molecule is COOOSCCCCN1/C(=C/C=C/C=C/C=C/C2=[N+](CCCCS(=O)(=O)O)c3ccc(-c4ccccc4)cc3C2(C)C)C(C)(C)c2cc(-c3ccccc3)ccc21. The van der Waals surface area contributed by atoms with Crippen LogP contribution in [-0.4, -0.2) is 55.0 Å². The van der Waals surface area contributed by atoms with Gasteiger partial charge in [-0.3, -0.25) is 4.55 Å². The Kier molecular flexibility index (Phi) is 14.4. The number of anilines is 1. The van der Waals surface area contributed by atoms with E-state index in [9.17, 15) is 13.0 Å². The molecule has 10 heteroatoms. The summed E-state index contributed by atoms with van der Waals surface area (Å²) >= 11 is 1.24. The molecule has 0 fully saturated rings. The van der Waals surface area contributed by atoms with Gasteiger partial charge in [0.1, 0.15) is 6.54 Å². The van der Waals surface area contributed by atoms with Gasteiger partial charge in [-0.1, -0.05) is 116 Å². The van der Waals surface area contributed by atoms with Gasteiger partial charge in [-0.25, -0.2) is 4.89 Å². The average Bonchev–Trinajstić information content (AvgIpc) is 3.56. The first-order chi connectivity index (χ1) is 27.9. The van der Waals surface area contributed by atoms with E-state index in [0.29, 0.717) is 19.4 Å². The highest BCUT2D eigenvalue weighted by atomic mass is 32.2. The predicted molar refractivity (Wildman–Crippen MR) is 239 cm³/mol. The minimum atomic E-state index is -4.00. The van der Waals surface area contributed by atoms with Gasteiger partial charge in [-0.15, -0.1) is 4.33 Å². The second-order valence-electron chi connectivity index (χ2n) is 15.6. The Hall–Kier alpha value is -4.55. The second kappa shape index (κ2) is 19.5. The quantitative estimate of drug-likeness (QED) is 0.0190. The lowest BCUT2D eigenvalue weighted by molar-refractivity contribution is -0.447. The van der Waals surface area contributed by atoms with Gasteiger partial charge >= 0.3 is 0 Å². The number of unbranched alkanes of at least 4 members (excludes halogenated alkanes) is 2. The first-order valence-corrected chi connectivity index (χ1v) is 22.4. The minimum absolute atomic E-state index is 0.205. The van der Waals surface area contributed by atoms with E-state index in [0.717, 1.165) is 47.7 Å². The van der Waals surface area contributed by atoms with Crippen molar-refractivity contribution in [2.24, 2.45) is 0 Å². The topological polar surface area (TPSA) is 88.3 Å².